The highest BCUT2D eigenvalue weighted by atomic mass is 35.5. The monoisotopic (exact) mass is 312 g/mol. The van der Waals surface area contributed by atoms with Crippen LogP contribution in [0, 0.1) is 0 Å². The number of rotatable bonds is 2. The van der Waals surface area contributed by atoms with Gasteiger partial charge in [-0.3, -0.25) is 4.98 Å². The molecule has 0 saturated carbocycles. The minimum absolute atomic E-state index is 0.263. The number of aromatic nitrogens is 1. The first-order chi connectivity index (χ1) is 10.8. The maximum Gasteiger partial charge on any atom is 0.231 e. The molecule has 0 bridgehead atoms. The summed E-state index contributed by atoms with van der Waals surface area (Å²) in [5, 5.41) is 2.72. The second kappa shape index (κ2) is 5.16. The van der Waals surface area contributed by atoms with E-state index in [1.807, 2.05) is 42.6 Å². The Morgan fingerprint density at radius 3 is 2.77 bits per heavy atom. The van der Waals surface area contributed by atoms with E-state index in [0.717, 1.165) is 39.1 Å². The standard InChI is InChI=1S/C17H13ClN2O2/c18-11-2-3-12-13(6-11)15(7-19)20-8-14(12)10-1-4-16-17(5-10)22-9-21-16/h1-6,8H,7,9,19H2. The van der Waals surface area contributed by atoms with Crippen LogP contribution in [-0.4, -0.2) is 11.8 Å². The third kappa shape index (κ3) is 2.08. The summed E-state index contributed by atoms with van der Waals surface area (Å²) in [5.74, 6) is 1.52. The molecule has 2 N–H and O–H groups in total. The Bertz CT molecular complexity index is 880. The number of ether oxygens (including phenoxy) is 2. The second-order valence-electron chi connectivity index (χ2n) is 5.08. The minimum Gasteiger partial charge on any atom is -0.454 e. The molecule has 0 fully saturated rings. The van der Waals surface area contributed by atoms with Gasteiger partial charge in [-0.15, -0.1) is 0 Å². The Morgan fingerprint density at radius 1 is 1.05 bits per heavy atom. The van der Waals surface area contributed by atoms with Crippen molar-refractivity contribution in [2.45, 2.75) is 6.54 Å². The summed E-state index contributed by atoms with van der Waals surface area (Å²) in [6.45, 7) is 0.637. The number of fused-ring (bicyclic) bond motifs is 2. The van der Waals surface area contributed by atoms with Crippen molar-refractivity contribution in [3.8, 4) is 22.6 Å². The minimum atomic E-state index is 0.263. The first-order valence-corrected chi connectivity index (χ1v) is 7.31. The van der Waals surface area contributed by atoms with Crippen molar-refractivity contribution in [3.63, 3.8) is 0 Å². The van der Waals surface area contributed by atoms with Crippen LogP contribution >= 0.6 is 11.6 Å². The Balaban J connectivity index is 1.95. The molecule has 0 atom stereocenters. The van der Waals surface area contributed by atoms with Gasteiger partial charge in [-0.25, -0.2) is 0 Å². The average Bonchev–Trinajstić information content (AvgIpc) is 3.01. The normalized spacial score (nSPS) is 12.8. The first-order valence-electron chi connectivity index (χ1n) is 6.93. The molecule has 0 amide bonds. The van der Waals surface area contributed by atoms with Crippen molar-refractivity contribution >= 4 is 22.4 Å². The van der Waals surface area contributed by atoms with Crippen LogP contribution in [0.2, 0.25) is 5.02 Å². The molecule has 0 unspecified atom stereocenters. The summed E-state index contributed by atoms with van der Waals surface area (Å²) >= 11 is 6.12. The molecular weight excluding hydrogens is 300 g/mol. The summed E-state index contributed by atoms with van der Waals surface area (Å²) < 4.78 is 10.8. The van der Waals surface area contributed by atoms with Gasteiger partial charge in [-0.05, 0) is 35.2 Å². The lowest BCUT2D eigenvalue weighted by atomic mass is 9.99. The third-order valence-electron chi connectivity index (χ3n) is 3.81. The average molecular weight is 313 g/mol. The molecule has 0 radical (unpaired) electrons. The van der Waals surface area contributed by atoms with E-state index in [-0.39, 0.29) is 6.79 Å². The van der Waals surface area contributed by atoms with Crippen molar-refractivity contribution in [1.29, 1.82) is 0 Å². The molecule has 4 nitrogen and oxygen atoms in total. The van der Waals surface area contributed by atoms with Crippen LogP contribution in [-0.2, 0) is 6.54 Å². The maximum absolute atomic E-state index is 6.12. The number of pyridine rings is 1. The molecule has 5 heteroatoms. The van der Waals surface area contributed by atoms with E-state index >= 15 is 0 Å². The van der Waals surface area contributed by atoms with Crippen molar-refractivity contribution in [2.75, 3.05) is 6.79 Å². The predicted octanol–water partition coefficient (Wildman–Crippen LogP) is 3.74. The van der Waals surface area contributed by atoms with E-state index < -0.39 is 0 Å². The van der Waals surface area contributed by atoms with E-state index in [4.69, 9.17) is 26.8 Å². The zero-order chi connectivity index (χ0) is 15.1. The number of benzene rings is 2. The van der Waals surface area contributed by atoms with Crippen molar-refractivity contribution in [3.05, 3.63) is 53.3 Å². The lowest BCUT2D eigenvalue weighted by Gasteiger charge is -2.10. The second-order valence-corrected chi connectivity index (χ2v) is 5.52. The lowest BCUT2D eigenvalue weighted by molar-refractivity contribution is 0.174. The Labute approximate surface area is 132 Å². The van der Waals surface area contributed by atoms with E-state index in [1.54, 1.807) is 0 Å². The Morgan fingerprint density at radius 2 is 1.91 bits per heavy atom. The van der Waals surface area contributed by atoms with Gasteiger partial charge in [0.1, 0.15) is 0 Å². The van der Waals surface area contributed by atoms with Gasteiger partial charge in [-0.2, -0.15) is 0 Å². The van der Waals surface area contributed by atoms with Crippen LogP contribution < -0.4 is 15.2 Å². The van der Waals surface area contributed by atoms with Gasteiger partial charge in [0.15, 0.2) is 11.5 Å². The smallest absolute Gasteiger partial charge is 0.231 e. The molecule has 4 rings (SSSR count). The lowest BCUT2D eigenvalue weighted by Crippen LogP contribution is -2.01. The highest BCUT2D eigenvalue weighted by molar-refractivity contribution is 6.31. The molecule has 1 aliphatic rings. The Kier molecular flexibility index (Phi) is 3.13. The van der Waals surface area contributed by atoms with E-state index in [0.29, 0.717) is 11.6 Å². The van der Waals surface area contributed by atoms with Crippen LogP contribution in [0.15, 0.2) is 42.6 Å². The molecule has 0 saturated heterocycles. The molecule has 0 spiro atoms. The van der Waals surface area contributed by atoms with Crippen LogP contribution in [0.1, 0.15) is 5.69 Å². The van der Waals surface area contributed by atoms with Gasteiger partial charge >= 0.3 is 0 Å². The largest absolute Gasteiger partial charge is 0.454 e. The van der Waals surface area contributed by atoms with Gasteiger partial charge in [0.05, 0.1) is 5.69 Å². The van der Waals surface area contributed by atoms with Gasteiger partial charge in [0.25, 0.3) is 0 Å². The summed E-state index contributed by atoms with van der Waals surface area (Å²) in [6.07, 6.45) is 1.84. The van der Waals surface area contributed by atoms with Crippen LogP contribution in [0.3, 0.4) is 0 Å². The first kappa shape index (κ1) is 13.4. The fraction of sp³-hybridized carbons (Fsp3) is 0.118. The fourth-order valence-corrected chi connectivity index (χ4v) is 2.90. The number of nitrogens with zero attached hydrogens (tertiary/aromatic N) is 1. The van der Waals surface area contributed by atoms with Gasteiger partial charge in [-0.1, -0.05) is 23.7 Å². The van der Waals surface area contributed by atoms with Gasteiger partial charge < -0.3 is 15.2 Å². The molecule has 0 aliphatic carbocycles. The molecular formula is C17H13ClN2O2. The summed E-state index contributed by atoms with van der Waals surface area (Å²) in [7, 11) is 0. The molecule has 110 valence electrons. The van der Waals surface area contributed by atoms with Gasteiger partial charge in [0.2, 0.25) is 6.79 Å². The highest BCUT2D eigenvalue weighted by Gasteiger charge is 2.16. The van der Waals surface area contributed by atoms with Crippen LogP contribution in [0.25, 0.3) is 21.9 Å². The highest BCUT2D eigenvalue weighted by Crippen LogP contribution is 2.38. The molecule has 2 heterocycles. The maximum atomic E-state index is 6.12. The summed E-state index contributed by atoms with van der Waals surface area (Å²) in [6, 6.07) is 11.7. The Hall–Kier alpha value is -2.30. The van der Waals surface area contributed by atoms with Crippen LogP contribution in [0.5, 0.6) is 11.5 Å². The zero-order valence-electron chi connectivity index (χ0n) is 11.7. The predicted molar refractivity (Wildman–Crippen MR) is 86.2 cm³/mol. The molecule has 3 aromatic rings. The molecule has 2 aromatic carbocycles. The number of halogens is 1. The van der Waals surface area contributed by atoms with E-state index in [2.05, 4.69) is 4.98 Å². The van der Waals surface area contributed by atoms with Crippen molar-refractivity contribution < 1.29 is 9.47 Å². The number of nitrogens with two attached hydrogens (primary N) is 1. The molecule has 1 aliphatic heterocycles. The quantitative estimate of drug-likeness (QED) is 0.783. The molecule has 22 heavy (non-hydrogen) atoms. The van der Waals surface area contributed by atoms with Crippen molar-refractivity contribution in [2.24, 2.45) is 5.73 Å². The van der Waals surface area contributed by atoms with Crippen molar-refractivity contribution in [1.82, 2.24) is 4.98 Å². The SMILES string of the molecule is NCc1ncc(-c2ccc3c(c2)OCO3)c2ccc(Cl)cc12. The zero-order valence-corrected chi connectivity index (χ0v) is 12.4. The fourth-order valence-electron chi connectivity index (χ4n) is 2.73. The van der Waals surface area contributed by atoms with Crippen LogP contribution in [0.4, 0.5) is 0 Å². The molecule has 1 aromatic heterocycles. The number of hydrogen-bond acceptors (Lipinski definition) is 4. The topological polar surface area (TPSA) is 57.4 Å². The van der Waals surface area contributed by atoms with E-state index in [1.165, 1.54) is 0 Å². The van der Waals surface area contributed by atoms with Gasteiger partial charge in [0, 0.05) is 28.7 Å². The summed E-state index contributed by atoms with van der Waals surface area (Å²) in [5.41, 5.74) is 8.66. The van der Waals surface area contributed by atoms with E-state index in [9.17, 15) is 0 Å². The number of hydrogen-bond donors (Lipinski definition) is 1. The third-order valence-corrected chi connectivity index (χ3v) is 4.04. The summed E-state index contributed by atoms with van der Waals surface area (Å²) in [4.78, 5) is 4.48.